The molecule has 0 aliphatic rings. The van der Waals surface area contributed by atoms with Crippen molar-refractivity contribution in [3.8, 4) is 0 Å². The van der Waals surface area contributed by atoms with Crippen molar-refractivity contribution in [1.29, 1.82) is 0 Å². The molecule has 0 saturated heterocycles. The first kappa shape index (κ1) is 19.0. The summed E-state index contributed by atoms with van der Waals surface area (Å²) in [5.41, 5.74) is 1.17. The molecule has 0 aliphatic carbocycles. The highest BCUT2D eigenvalue weighted by atomic mass is 32.2. The smallest absolute Gasteiger partial charge is 0.251 e. The summed E-state index contributed by atoms with van der Waals surface area (Å²) in [5, 5.41) is 5.43. The third kappa shape index (κ3) is 6.23. The summed E-state index contributed by atoms with van der Waals surface area (Å²) in [7, 11) is 0. The summed E-state index contributed by atoms with van der Waals surface area (Å²) in [4.78, 5) is 24.0. The first-order chi connectivity index (χ1) is 12.1. The van der Waals surface area contributed by atoms with Gasteiger partial charge in [-0.1, -0.05) is 36.4 Å². The van der Waals surface area contributed by atoms with Crippen molar-refractivity contribution in [3.05, 3.63) is 71.5 Å². The number of amides is 2. The van der Waals surface area contributed by atoms with Gasteiger partial charge in [0.15, 0.2) is 0 Å². The molecule has 0 heterocycles. The van der Waals surface area contributed by atoms with Crippen LogP contribution in [-0.4, -0.2) is 30.2 Å². The van der Waals surface area contributed by atoms with Crippen molar-refractivity contribution >= 4 is 23.6 Å². The summed E-state index contributed by atoms with van der Waals surface area (Å²) in [6.07, 6.45) is 0. The molecular formula is C19H21FN2O2S. The van der Waals surface area contributed by atoms with Crippen molar-refractivity contribution in [3.63, 3.8) is 0 Å². The maximum atomic E-state index is 13.5. The minimum absolute atomic E-state index is 0.212. The number of hydrogen-bond acceptors (Lipinski definition) is 3. The summed E-state index contributed by atoms with van der Waals surface area (Å²) in [6.45, 7) is 2.10. The molecule has 2 aromatic rings. The Morgan fingerprint density at radius 3 is 2.48 bits per heavy atom. The Hall–Kier alpha value is -2.34. The Kier molecular flexibility index (Phi) is 7.47. The first-order valence-corrected chi connectivity index (χ1v) is 9.18. The van der Waals surface area contributed by atoms with Crippen molar-refractivity contribution < 1.29 is 14.0 Å². The number of thioether (sulfide) groups is 1. The fraction of sp³-hybridized carbons (Fsp3) is 0.263. The highest BCUT2D eigenvalue weighted by molar-refractivity contribution is 7.98. The van der Waals surface area contributed by atoms with E-state index in [0.29, 0.717) is 29.2 Å². The highest BCUT2D eigenvalue weighted by Gasteiger charge is 2.15. The molecule has 0 aromatic heterocycles. The van der Waals surface area contributed by atoms with Gasteiger partial charge in [-0.2, -0.15) is 11.8 Å². The Morgan fingerprint density at radius 1 is 1.08 bits per heavy atom. The third-order valence-electron chi connectivity index (χ3n) is 3.54. The van der Waals surface area contributed by atoms with Crippen LogP contribution in [0.4, 0.5) is 4.39 Å². The van der Waals surface area contributed by atoms with E-state index >= 15 is 0 Å². The maximum absolute atomic E-state index is 13.5. The minimum atomic E-state index is -0.621. The predicted octanol–water partition coefficient (Wildman–Crippen LogP) is 2.99. The molecule has 0 fully saturated rings. The summed E-state index contributed by atoms with van der Waals surface area (Å²) >= 11 is 1.54. The average molecular weight is 360 g/mol. The molecule has 0 radical (unpaired) electrons. The molecule has 2 N–H and O–H groups in total. The van der Waals surface area contributed by atoms with Gasteiger partial charge in [0.05, 0.1) is 0 Å². The minimum Gasteiger partial charge on any atom is -0.353 e. The normalized spacial score (nSPS) is 11.6. The van der Waals surface area contributed by atoms with Gasteiger partial charge >= 0.3 is 0 Å². The maximum Gasteiger partial charge on any atom is 0.251 e. The number of hydrogen-bond donors (Lipinski definition) is 2. The quantitative estimate of drug-likeness (QED) is 0.712. The number of rotatable bonds is 8. The number of carbonyl (C=O) groups excluding carboxylic acids is 2. The predicted molar refractivity (Wildman–Crippen MR) is 98.9 cm³/mol. The van der Waals surface area contributed by atoms with Crippen LogP contribution in [0.1, 0.15) is 22.8 Å². The topological polar surface area (TPSA) is 58.2 Å². The van der Waals surface area contributed by atoms with Crippen LogP contribution in [0.2, 0.25) is 0 Å². The number of halogens is 1. The van der Waals surface area contributed by atoms with Crippen LogP contribution in [0, 0.1) is 5.82 Å². The fourth-order valence-electron chi connectivity index (χ4n) is 2.13. The van der Waals surface area contributed by atoms with Gasteiger partial charge in [-0.3, -0.25) is 9.59 Å². The summed E-state index contributed by atoms with van der Waals surface area (Å²) in [5.74, 6) is 0.492. The highest BCUT2D eigenvalue weighted by Crippen LogP contribution is 2.14. The van der Waals surface area contributed by atoms with Gasteiger partial charge in [0, 0.05) is 23.6 Å². The van der Waals surface area contributed by atoms with E-state index < -0.39 is 6.04 Å². The van der Waals surface area contributed by atoms with E-state index in [2.05, 4.69) is 10.6 Å². The second-order valence-corrected chi connectivity index (χ2v) is 6.60. The lowest BCUT2D eigenvalue weighted by Crippen LogP contribution is -2.45. The van der Waals surface area contributed by atoms with Gasteiger partial charge in [0.1, 0.15) is 11.9 Å². The molecular weight excluding hydrogens is 339 g/mol. The Labute approximate surface area is 151 Å². The van der Waals surface area contributed by atoms with Gasteiger partial charge in [0.2, 0.25) is 5.91 Å². The molecule has 0 spiro atoms. The summed E-state index contributed by atoms with van der Waals surface area (Å²) in [6, 6.07) is 14.8. The molecule has 0 saturated carbocycles. The van der Waals surface area contributed by atoms with Crippen molar-refractivity contribution in [2.24, 2.45) is 0 Å². The lowest BCUT2D eigenvalue weighted by atomic mass is 10.2. The third-order valence-corrected chi connectivity index (χ3v) is 4.55. The number of carbonyl (C=O) groups is 2. The van der Waals surface area contributed by atoms with Crippen LogP contribution >= 0.6 is 11.8 Å². The second-order valence-electron chi connectivity index (χ2n) is 5.50. The molecule has 1 atom stereocenters. The zero-order valence-corrected chi connectivity index (χ0v) is 14.8. The molecule has 4 nitrogen and oxygen atoms in total. The molecule has 0 aliphatic heterocycles. The first-order valence-electron chi connectivity index (χ1n) is 8.02. The van der Waals surface area contributed by atoms with Gasteiger partial charge in [-0.05, 0) is 30.7 Å². The molecule has 25 heavy (non-hydrogen) atoms. The molecule has 2 aromatic carbocycles. The van der Waals surface area contributed by atoms with Gasteiger partial charge in [-0.25, -0.2) is 4.39 Å². The van der Waals surface area contributed by atoms with E-state index in [1.807, 2.05) is 6.07 Å². The van der Waals surface area contributed by atoms with E-state index in [9.17, 15) is 14.0 Å². The Balaban J connectivity index is 1.66. The lowest BCUT2D eigenvalue weighted by molar-refractivity contribution is -0.122. The van der Waals surface area contributed by atoms with Crippen LogP contribution in [0.25, 0.3) is 0 Å². The van der Waals surface area contributed by atoms with Crippen molar-refractivity contribution in [2.45, 2.75) is 18.7 Å². The average Bonchev–Trinajstić information content (AvgIpc) is 2.63. The van der Waals surface area contributed by atoms with Crippen LogP contribution < -0.4 is 10.6 Å². The van der Waals surface area contributed by atoms with E-state index in [4.69, 9.17) is 0 Å². The van der Waals surface area contributed by atoms with E-state index in [-0.39, 0.29) is 17.6 Å². The standard InChI is InChI=1S/C19H21FN2O2S/c1-14(22-19(24)15-7-3-2-4-8-15)18(23)21-11-12-25-13-16-9-5-6-10-17(16)20/h2-10,14H,11-13H2,1H3,(H,21,23)(H,22,24). The van der Waals surface area contributed by atoms with E-state index in [0.717, 1.165) is 0 Å². The molecule has 2 amide bonds. The SMILES string of the molecule is CC(NC(=O)c1ccccc1)C(=O)NCCSCc1ccccc1F. The van der Waals surface area contributed by atoms with E-state index in [1.165, 1.54) is 6.07 Å². The molecule has 1 unspecified atom stereocenters. The monoisotopic (exact) mass is 360 g/mol. The van der Waals surface area contributed by atoms with Crippen molar-refractivity contribution in [2.75, 3.05) is 12.3 Å². The summed E-state index contributed by atoms with van der Waals surface area (Å²) < 4.78 is 13.5. The zero-order chi connectivity index (χ0) is 18.1. The van der Waals surface area contributed by atoms with Crippen LogP contribution in [0.15, 0.2) is 54.6 Å². The van der Waals surface area contributed by atoms with Gasteiger partial charge < -0.3 is 10.6 Å². The number of nitrogens with one attached hydrogen (secondary N) is 2. The second kappa shape index (κ2) is 9.84. The van der Waals surface area contributed by atoms with Crippen LogP contribution in [0.3, 0.4) is 0 Å². The van der Waals surface area contributed by atoms with E-state index in [1.54, 1.807) is 61.2 Å². The van der Waals surface area contributed by atoms with Gasteiger partial charge in [-0.15, -0.1) is 0 Å². The molecule has 2 rings (SSSR count). The van der Waals surface area contributed by atoms with Gasteiger partial charge in [0.25, 0.3) is 5.91 Å². The Morgan fingerprint density at radius 2 is 1.76 bits per heavy atom. The molecule has 0 bridgehead atoms. The van der Waals surface area contributed by atoms with Crippen LogP contribution in [0.5, 0.6) is 0 Å². The largest absolute Gasteiger partial charge is 0.353 e. The Bertz CT molecular complexity index is 710. The molecule has 6 heteroatoms. The van der Waals surface area contributed by atoms with Crippen LogP contribution in [-0.2, 0) is 10.5 Å². The number of benzene rings is 2. The van der Waals surface area contributed by atoms with Crippen molar-refractivity contribution in [1.82, 2.24) is 10.6 Å². The zero-order valence-electron chi connectivity index (χ0n) is 14.0. The fourth-order valence-corrected chi connectivity index (χ4v) is 2.98. The lowest BCUT2D eigenvalue weighted by Gasteiger charge is -2.14. The molecule has 132 valence electrons.